The van der Waals surface area contributed by atoms with Gasteiger partial charge in [-0.15, -0.1) is 0 Å². The molecular formula is C8H21N3S2. The smallest absolute Gasteiger partial charge is 0.0802 e. The van der Waals surface area contributed by atoms with Gasteiger partial charge in [0.15, 0.2) is 0 Å². The average Bonchev–Trinajstić information content (AvgIpc) is 2.17. The zero-order chi connectivity index (χ0) is 10.1. The summed E-state index contributed by atoms with van der Waals surface area (Å²) in [5, 5.41) is 10.3. The monoisotopic (exact) mass is 223 g/mol. The molecule has 0 amide bonds. The van der Waals surface area contributed by atoms with Crippen molar-refractivity contribution in [3.8, 4) is 0 Å². The molecule has 3 N–H and O–H groups in total. The minimum Gasteiger partial charge on any atom is -0.318 e. The lowest BCUT2D eigenvalue weighted by Gasteiger charge is -2.25. The Hall–Kier alpha value is 0.580. The molecule has 3 nitrogen and oxygen atoms in total. The van der Waals surface area contributed by atoms with Crippen LogP contribution in [0.5, 0.6) is 0 Å². The van der Waals surface area contributed by atoms with E-state index in [0.717, 1.165) is 12.3 Å². The molecule has 0 bridgehead atoms. The Balaban J connectivity index is 3.84. The van der Waals surface area contributed by atoms with Crippen molar-refractivity contribution in [2.24, 2.45) is 0 Å². The summed E-state index contributed by atoms with van der Waals surface area (Å²) in [6, 6.07) is 0.471. The first-order valence-electron chi connectivity index (χ1n) is 4.57. The standard InChI is InChI=1S/C8H21N3S2/c1-5-12-13-8(11-4)7(10-3)6-9-2/h7-11H,5-6H2,1-4H3. The van der Waals surface area contributed by atoms with E-state index in [1.54, 1.807) is 0 Å². The van der Waals surface area contributed by atoms with Crippen LogP contribution in [-0.4, -0.2) is 44.9 Å². The van der Waals surface area contributed by atoms with Gasteiger partial charge in [0.25, 0.3) is 0 Å². The quantitative estimate of drug-likeness (QED) is 0.418. The van der Waals surface area contributed by atoms with E-state index in [1.807, 2.05) is 42.7 Å². The third kappa shape index (κ3) is 5.80. The van der Waals surface area contributed by atoms with Crippen LogP contribution < -0.4 is 16.0 Å². The Morgan fingerprint density at radius 2 is 1.85 bits per heavy atom. The maximum absolute atomic E-state index is 3.31. The van der Waals surface area contributed by atoms with E-state index in [-0.39, 0.29) is 0 Å². The summed E-state index contributed by atoms with van der Waals surface area (Å²) in [5.41, 5.74) is 0. The molecule has 0 aromatic heterocycles. The predicted molar refractivity (Wildman–Crippen MR) is 65.3 cm³/mol. The molecule has 80 valence electrons. The van der Waals surface area contributed by atoms with Crippen LogP contribution in [0.1, 0.15) is 6.92 Å². The highest BCUT2D eigenvalue weighted by atomic mass is 33.1. The number of hydrogen-bond donors (Lipinski definition) is 3. The van der Waals surface area contributed by atoms with Crippen molar-refractivity contribution in [2.45, 2.75) is 18.3 Å². The Kier molecular flexibility index (Phi) is 9.56. The van der Waals surface area contributed by atoms with E-state index in [0.29, 0.717) is 11.4 Å². The maximum atomic E-state index is 3.31. The van der Waals surface area contributed by atoms with Crippen LogP contribution >= 0.6 is 21.6 Å². The van der Waals surface area contributed by atoms with E-state index >= 15 is 0 Å². The summed E-state index contributed by atoms with van der Waals surface area (Å²) in [7, 11) is 9.79. The maximum Gasteiger partial charge on any atom is 0.0802 e. The molecule has 0 saturated carbocycles. The largest absolute Gasteiger partial charge is 0.318 e. The van der Waals surface area contributed by atoms with Gasteiger partial charge in [-0.25, -0.2) is 0 Å². The van der Waals surface area contributed by atoms with Gasteiger partial charge in [0.05, 0.1) is 5.37 Å². The van der Waals surface area contributed by atoms with Crippen LogP contribution in [0.15, 0.2) is 0 Å². The number of rotatable bonds is 8. The van der Waals surface area contributed by atoms with E-state index in [9.17, 15) is 0 Å². The SMILES string of the molecule is CCSSC(NC)C(CNC)NC. The van der Waals surface area contributed by atoms with Gasteiger partial charge in [0.1, 0.15) is 0 Å². The first kappa shape index (κ1) is 13.6. The highest BCUT2D eigenvalue weighted by molar-refractivity contribution is 8.76. The van der Waals surface area contributed by atoms with Crippen LogP contribution in [0.3, 0.4) is 0 Å². The van der Waals surface area contributed by atoms with Gasteiger partial charge in [-0.1, -0.05) is 28.5 Å². The van der Waals surface area contributed by atoms with Crippen LogP contribution in [0.2, 0.25) is 0 Å². The Labute approximate surface area is 89.6 Å². The second-order valence-electron chi connectivity index (χ2n) is 2.66. The van der Waals surface area contributed by atoms with E-state index in [4.69, 9.17) is 0 Å². The second-order valence-corrected chi connectivity index (χ2v) is 5.46. The van der Waals surface area contributed by atoms with Crippen molar-refractivity contribution in [3.05, 3.63) is 0 Å². The molecule has 5 heteroatoms. The van der Waals surface area contributed by atoms with E-state index in [1.165, 1.54) is 0 Å². The van der Waals surface area contributed by atoms with Gasteiger partial charge in [-0.2, -0.15) is 0 Å². The van der Waals surface area contributed by atoms with Gasteiger partial charge in [0.2, 0.25) is 0 Å². The number of hydrogen-bond acceptors (Lipinski definition) is 5. The van der Waals surface area contributed by atoms with Gasteiger partial charge >= 0.3 is 0 Å². The molecule has 0 spiro atoms. The minimum atomic E-state index is 0.461. The molecule has 0 aliphatic heterocycles. The van der Waals surface area contributed by atoms with Gasteiger partial charge < -0.3 is 16.0 Å². The van der Waals surface area contributed by atoms with Crippen LogP contribution in [0, 0.1) is 0 Å². The average molecular weight is 223 g/mol. The molecule has 0 aromatic carbocycles. The highest BCUT2D eigenvalue weighted by Gasteiger charge is 2.17. The summed E-state index contributed by atoms with van der Waals surface area (Å²) < 4.78 is 0. The second kappa shape index (κ2) is 9.15. The zero-order valence-electron chi connectivity index (χ0n) is 8.89. The molecule has 0 aliphatic carbocycles. The summed E-state index contributed by atoms with van der Waals surface area (Å²) in [6.45, 7) is 3.16. The van der Waals surface area contributed by atoms with Crippen LogP contribution in [0.4, 0.5) is 0 Å². The van der Waals surface area contributed by atoms with Crippen molar-refractivity contribution in [3.63, 3.8) is 0 Å². The summed E-state index contributed by atoms with van der Waals surface area (Å²) in [5.74, 6) is 1.15. The first-order chi connectivity index (χ1) is 6.29. The van der Waals surface area contributed by atoms with Crippen molar-refractivity contribution in [2.75, 3.05) is 33.4 Å². The number of nitrogens with one attached hydrogen (secondary N) is 3. The molecule has 0 saturated heterocycles. The van der Waals surface area contributed by atoms with Crippen molar-refractivity contribution >= 4 is 21.6 Å². The van der Waals surface area contributed by atoms with Gasteiger partial charge in [0, 0.05) is 18.3 Å². The zero-order valence-corrected chi connectivity index (χ0v) is 10.5. The molecule has 2 unspecified atom stereocenters. The summed E-state index contributed by atoms with van der Waals surface area (Å²) in [6.07, 6.45) is 0. The molecule has 0 heterocycles. The van der Waals surface area contributed by atoms with Gasteiger partial charge in [-0.05, 0) is 21.1 Å². The van der Waals surface area contributed by atoms with Crippen LogP contribution in [-0.2, 0) is 0 Å². The molecule has 0 fully saturated rings. The lowest BCUT2D eigenvalue weighted by atomic mass is 10.3. The lowest BCUT2D eigenvalue weighted by Crippen LogP contribution is -2.48. The van der Waals surface area contributed by atoms with E-state index in [2.05, 4.69) is 22.9 Å². The Morgan fingerprint density at radius 1 is 1.15 bits per heavy atom. The fourth-order valence-electron chi connectivity index (χ4n) is 1.04. The normalized spacial score (nSPS) is 15.7. The van der Waals surface area contributed by atoms with Crippen molar-refractivity contribution < 1.29 is 0 Å². The molecule has 0 rings (SSSR count). The molecule has 2 atom stereocenters. The highest BCUT2D eigenvalue weighted by Crippen LogP contribution is 2.26. The van der Waals surface area contributed by atoms with Gasteiger partial charge in [-0.3, -0.25) is 0 Å². The number of likely N-dealkylation sites (N-methyl/N-ethyl adjacent to an activating group) is 3. The fourth-order valence-corrected chi connectivity index (χ4v) is 3.32. The lowest BCUT2D eigenvalue weighted by molar-refractivity contribution is 0.484. The third-order valence-electron chi connectivity index (χ3n) is 1.73. The summed E-state index contributed by atoms with van der Waals surface area (Å²) >= 11 is 0. The minimum absolute atomic E-state index is 0.461. The summed E-state index contributed by atoms with van der Waals surface area (Å²) in [4.78, 5) is 0. The van der Waals surface area contributed by atoms with E-state index < -0.39 is 0 Å². The molecular weight excluding hydrogens is 202 g/mol. The first-order valence-corrected chi connectivity index (χ1v) is 6.95. The predicted octanol–water partition coefficient (Wildman–Crippen LogP) is 0.741. The van der Waals surface area contributed by atoms with Crippen molar-refractivity contribution in [1.29, 1.82) is 0 Å². The Morgan fingerprint density at radius 3 is 2.23 bits per heavy atom. The topological polar surface area (TPSA) is 36.1 Å². The molecule has 13 heavy (non-hydrogen) atoms. The van der Waals surface area contributed by atoms with Crippen molar-refractivity contribution in [1.82, 2.24) is 16.0 Å². The fraction of sp³-hybridized carbons (Fsp3) is 1.00. The molecule has 0 aliphatic rings. The molecule has 0 radical (unpaired) electrons. The van der Waals surface area contributed by atoms with Crippen LogP contribution in [0.25, 0.3) is 0 Å². The third-order valence-corrected chi connectivity index (χ3v) is 4.62. The molecule has 0 aromatic rings. The Bertz CT molecular complexity index is 114.